The summed E-state index contributed by atoms with van der Waals surface area (Å²) in [7, 11) is 0. The molecule has 2 heterocycles. The summed E-state index contributed by atoms with van der Waals surface area (Å²) in [5, 5.41) is 11.2. The van der Waals surface area contributed by atoms with E-state index in [0.29, 0.717) is 23.0 Å². The van der Waals surface area contributed by atoms with Crippen molar-refractivity contribution in [3.05, 3.63) is 71.9 Å². The van der Waals surface area contributed by atoms with E-state index >= 15 is 0 Å². The first kappa shape index (κ1) is 15.1. The van der Waals surface area contributed by atoms with Gasteiger partial charge in [0.15, 0.2) is 11.6 Å². The summed E-state index contributed by atoms with van der Waals surface area (Å²) in [6, 6.07) is 15.1. The first-order valence-electron chi connectivity index (χ1n) is 7.96. The van der Waals surface area contributed by atoms with E-state index in [1.807, 2.05) is 49.5 Å². The molecule has 2 aromatic heterocycles. The van der Waals surface area contributed by atoms with Crippen LogP contribution in [0.5, 0.6) is 5.75 Å². The van der Waals surface area contributed by atoms with Gasteiger partial charge in [-0.2, -0.15) is 0 Å². The van der Waals surface area contributed by atoms with E-state index in [1.165, 1.54) is 0 Å². The molecule has 0 saturated heterocycles. The number of hydrogen-bond acceptors (Lipinski definition) is 4. The Morgan fingerprint density at radius 1 is 0.920 bits per heavy atom. The minimum Gasteiger partial charge on any atom is -0.507 e. The minimum absolute atomic E-state index is 0.152. The summed E-state index contributed by atoms with van der Waals surface area (Å²) in [5.74, 6) is 1.77. The number of fused-ring (bicyclic) bond motifs is 1. The average molecular weight is 328 g/mol. The number of nitrogens with zero attached hydrogens (tertiary/aromatic N) is 3. The molecule has 0 bridgehead atoms. The Morgan fingerprint density at radius 3 is 2.60 bits per heavy atom. The summed E-state index contributed by atoms with van der Waals surface area (Å²) in [4.78, 5) is 16.4. The number of aromatic nitrogens is 4. The van der Waals surface area contributed by atoms with Gasteiger partial charge < -0.3 is 10.1 Å². The third-order valence-corrected chi connectivity index (χ3v) is 3.94. The summed E-state index contributed by atoms with van der Waals surface area (Å²) < 4.78 is 0. The zero-order valence-corrected chi connectivity index (χ0v) is 13.6. The van der Waals surface area contributed by atoms with Gasteiger partial charge in [-0.15, -0.1) is 0 Å². The van der Waals surface area contributed by atoms with Crippen LogP contribution < -0.4 is 0 Å². The molecule has 2 N–H and O–H groups in total. The molecular formula is C20H16N4O. The van der Waals surface area contributed by atoms with Gasteiger partial charge in [0.05, 0.1) is 5.56 Å². The zero-order valence-electron chi connectivity index (χ0n) is 13.6. The number of phenols is 1. The van der Waals surface area contributed by atoms with Gasteiger partial charge in [-0.05, 0) is 42.8 Å². The van der Waals surface area contributed by atoms with Crippen LogP contribution in [0.1, 0.15) is 17.2 Å². The first-order valence-corrected chi connectivity index (χ1v) is 7.96. The Morgan fingerprint density at radius 2 is 1.72 bits per heavy atom. The Bertz CT molecular complexity index is 1080. The number of phenolic OH excluding ortho intramolecular Hbond substituents is 1. The first-order chi connectivity index (χ1) is 12.2. The van der Waals surface area contributed by atoms with Crippen molar-refractivity contribution < 1.29 is 5.11 Å². The van der Waals surface area contributed by atoms with E-state index in [4.69, 9.17) is 0 Å². The van der Waals surface area contributed by atoms with Gasteiger partial charge in [0, 0.05) is 17.1 Å². The number of aryl methyl sites for hydroxylation is 1. The fourth-order valence-corrected chi connectivity index (χ4v) is 2.76. The average Bonchev–Trinajstić information content (AvgIpc) is 3.03. The van der Waals surface area contributed by atoms with Crippen LogP contribution in [0.4, 0.5) is 0 Å². The molecule has 122 valence electrons. The second-order valence-corrected chi connectivity index (χ2v) is 5.70. The maximum atomic E-state index is 10.0. The van der Waals surface area contributed by atoms with Crippen LogP contribution in [0, 0.1) is 6.92 Å². The summed E-state index contributed by atoms with van der Waals surface area (Å²) in [5.41, 5.74) is 2.75. The molecule has 0 aliphatic rings. The molecule has 5 heteroatoms. The lowest BCUT2D eigenvalue weighted by Crippen LogP contribution is -1.99. The number of rotatable bonds is 3. The quantitative estimate of drug-likeness (QED) is 0.591. The molecular weight excluding hydrogens is 312 g/mol. The third-order valence-electron chi connectivity index (χ3n) is 3.94. The lowest BCUT2D eigenvalue weighted by atomic mass is 10.1. The highest BCUT2D eigenvalue weighted by molar-refractivity contribution is 5.91. The van der Waals surface area contributed by atoms with Crippen LogP contribution in [-0.4, -0.2) is 25.0 Å². The number of nitrogens with one attached hydrogen (secondary N) is 1. The third kappa shape index (κ3) is 2.99. The highest BCUT2D eigenvalue weighted by Gasteiger charge is 2.09. The Labute approximate surface area is 144 Å². The van der Waals surface area contributed by atoms with E-state index < -0.39 is 0 Å². The molecule has 4 aromatic rings. The van der Waals surface area contributed by atoms with Crippen molar-refractivity contribution in [1.82, 2.24) is 19.9 Å². The predicted molar refractivity (Wildman–Crippen MR) is 98.9 cm³/mol. The molecule has 0 radical (unpaired) electrons. The van der Waals surface area contributed by atoms with E-state index in [0.717, 1.165) is 16.5 Å². The number of H-pyrrole nitrogens is 1. The van der Waals surface area contributed by atoms with Crippen LogP contribution in [0.3, 0.4) is 0 Å². The molecule has 0 unspecified atom stereocenters. The molecule has 25 heavy (non-hydrogen) atoms. The molecule has 5 nitrogen and oxygen atoms in total. The van der Waals surface area contributed by atoms with Gasteiger partial charge in [-0.1, -0.05) is 30.3 Å². The van der Waals surface area contributed by atoms with Gasteiger partial charge in [-0.3, -0.25) is 0 Å². The van der Waals surface area contributed by atoms with Crippen molar-refractivity contribution >= 4 is 23.1 Å². The molecule has 0 saturated carbocycles. The van der Waals surface area contributed by atoms with Gasteiger partial charge in [0.1, 0.15) is 11.6 Å². The van der Waals surface area contributed by atoms with E-state index in [9.17, 15) is 5.11 Å². The van der Waals surface area contributed by atoms with Crippen molar-refractivity contribution in [3.63, 3.8) is 0 Å². The maximum absolute atomic E-state index is 10.0. The lowest BCUT2D eigenvalue weighted by molar-refractivity contribution is 0.477. The summed E-state index contributed by atoms with van der Waals surface area (Å²) >= 11 is 0. The molecule has 4 rings (SSSR count). The van der Waals surface area contributed by atoms with Crippen molar-refractivity contribution in [2.24, 2.45) is 0 Å². The second-order valence-electron chi connectivity index (χ2n) is 5.70. The monoisotopic (exact) mass is 328 g/mol. The second kappa shape index (κ2) is 6.20. The number of hydrogen-bond donors (Lipinski definition) is 2. The summed E-state index contributed by atoms with van der Waals surface area (Å²) in [6.45, 7) is 1.81. The predicted octanol–water partition coefficient (Wildman–Crippen LogP) is 4.20. The van der Waals surface area contributed by atoms with Crippen LogP contribution >= 0.6 is 0 Å². The molecule has 0 atom stereocenters. The topological polar surface area (TPSA) is 74.7 Å². The lowest BCUT2D eigenvalue weighted by Gasteiger charge is -2.04. The normalized spacial score (nSPS) is 11.4. The molecule has 0 aliphatic heterocycles. The molecule has 0 fully saturated rings. The van der Waals surface area contributed by atoms with Crippen LogP contribution in [-0.2, 0) is 0 Å². The highest BCUT2D eigenvalue weighted by atomic mass is 16.3. The van der Waals surface area contributed by atoms with Crippen LogP contribution in [0.25, 0.3) is 34.4 Å². The van der Waals surface area contributed by atoms with Crippen LogP contribution in [0.2, 0.25) is 0 Å². The maximum Gasteiger partial charge on any atom is 0.167 e. The smallest absolute Gasteiger partial charge is 0.167 e. The molecule has 2 aromatic carbocycles. The Kier molecular flexibility index (Phi) is 3.74. The molecule has 0 spiro atoms. The highest BCUT2D eigenvalue weighted by Crippen LogP contribution is 2.26. The minimum atomic E-state index is 0.152. The van der Waals surface area contributed by atoms with E-state index in [2.05, 4.69) is 26.0 Å². The standard InChI is InChI=1S/C20H16N4O/c1-13-22-19(24-20(23-13)16-7-3-5-9-18(16)25)11-10-14-12-21-17-8-4-2-6-15(14)17/h2-12,21,25H,1H3. The molecule has 0 amide bonds. The summed E-state index contributed by atoms with van der Waals surface area (Å²) in [6.07, 6.45) is 5.79. The number of para-hydroxylation sites is 2. The Hall–Kier alpha value is -3.47. The van der Waals surface area contributed by atoms with Crippen molar-refractivity contribution in [2.75, 3.05) is 0 Å². The SMILES string of the molecule is Cc1nc(C=Cc2c[nH]c3ccccc23)nc(-c2ccccc2O)n1. The fourth-order valence-electron chi connectivity index (χ4n) is 2.76. The van der Waals surface area contributed by atoms with Crippen molar-refractivity contribution in [3.8, 4) is 17.1 Å². The number of aromatic hydroxyl groups is 1. The number of benzene rings is 2. The largest absolute Gasteiger partial charge is 0.507 e. The Balaban J connectivity index is 1.73. The van der Waals surface area contributed by atoms with Crippen molar-refractivity contribution in [2.45, 2.75) is 6.92 Å². The zero-order chi connectivity index (χ0) is 17.2. The number of aromatic amines is 1. The molecule has 0 aliphatic carbocycles. The van der Waals surface area contributed by atoms with Gasteiger partial charge in [-0.25, -0.2) is 15.0 Å². The van der Waals surface area contributed by atoms with Gasteiger partial charge >= 0.3 is 0 Å². The van der Waals surface area contributed by atoms with Gasteiger partial charge in [0.2, 0.25) is 0 Å². The fraction of sp³-hybridized carbons (Fsp3) is 0.0500. The van der Waals surface area contributed by atoms with E-state index in [1.54, 1.807) is 18.2 Å². The van der Waals surface area contributed by atoms with Crippen molar-refractivity contribution in [1.29, 1.82) is 0 Å². The van der Waals surface area contributed by atoms with E-state index in [-0.39, 0.29) is 5.75 Å². The van der Waals surface area contributed by atoms with Crippen LogP contribution in [0.15, 0.2) is 54.7 Å². The van der Waals surface area contributed by atoms with Gasteiger partial charge in [0.25, 0.3) is 0 Å².